The van der Waals surface area contributed by atoms with Gasteiger partial charge in [0.2, 0.25) is 0 Å². The van der Waals surface area contributed by atoms with Crippen LogP contribution in [0.25, 0.3) is 0 Å². The predicted octanol–water partition coefficient (Wildman–Crippen LogP) is 0.176. The second-order valence-electron chi connectivity index (χ2n) is 6.05. The number of carbonyl (C=O) groups excluding carboxylic acids is 3. The number of hydrogen-bond donors (Lipinski definition) is 0. The number of ether oxygens (including phenoxy) is 3. The van der Waals surface area contributed by atoms with Crippen molar-refractivity contribution in [1.82, 2.24) is 0 Å². The van der Waals surface area contributed by atoms with E-state index in [2.05, 4.69) is 0 Å². The number of carboxylic acid groups (broad SMARTS) is 3. The summed E-state index contributed by atoms with van der Waals surface area (Å²) in [6.45, 7) is 0. The van der Waals surface area contributed by atoms with Crippen molar-refractivity contribution in [2.75, 3.05) is 21.3 Å². The number of hydrogen-bond acceptors (Lipinski definition) is 9. The van der Waals surface area contributed by atoms with Crippen LogP contribution in [0.15, 0.2) is 72.8 Å². The molecule has 0 fully saturated rings. The van der Waals surface area contributed by atoms with Gasteiger partial charge in [0.25, 0.3) is 0 Å². The summed E-state index contributed by atoms with van der Waals surface area (Å²) in [5.74, 6) is -1.62. The van der Waals surface area contributed by atoms with Gasteiger partial charge in [-0.05, 0) is 89.5 Å². The smallest absolute Gasteiger partial charge is 0.545 e. The monoisotopic (exact) mass is 612 g/mol. The molecule has 0 spiro atoms. The molecule has 0 aliphatic rings. The Bertz CT molecular complexity index is 895. The van der Waals surface area contributed by atoms with Gasteiger partial charge in [-0.15, -0.1) is 0 Å². The number of methoxy groups -OCH3 is 3. The summed E-state index contributed by atoms with van der Waals surface area (Å²) in [5.41, 5.74) is 0.474. The van der Waals surface area contributed by atoms with Crippen molar-refractivity contribution < 1.29 is 82.5 Å². The molecule has 0 radical (unpaired) electrons. The second kappa shape index (κ2) is 16.4. The van der Waals surface area contributed by atoms with E-state index in [-0.39, 0.29) is 55.3 Å². The standard InChI is InChI=1S/3C8H8O3.Tb/c3*1-11-7-4-2-6(3-5-7)8(9)10;/h3*2-5H,1H3,(H,9,10);/q;;;+3/p-3. The van der Waals surface area contributed by atoms with Crippen LogP contribution in [-0.2, 0) is 0 Å². The van der Waals surface area contributed by atoms with Crippen molar-refractivity contribution in [3.63, 3.8) is 0 Å². The Kier molecular flexibility index (Phi) is 14.8. The van der Waals surface area contributed by atoms with Gasteiger partial charge in [0.1, 0.15) is 17.2 Å². The minimum atomic E-state index is -1.17. The molecular formula is C24H21O9Tb. The maximum Gasteiger partial charge on any atom is 3.00 e. The van der Waals surface area contributed by atoms with Crippen LogP contribution in [0.5, 0.6) is 17.2 Å². The molecule has 0 amide bonds. The fourth-order valence-corrected chi connectivity index (χ4v) is 2.18. The summed E-state index contributed by atoms with van der Waals surface area (Å²) in [4.78, 5) is 30.7. The van der Waals surface area contributed by atoms with Crippen LogP contribution >= 0.6 is 0 Å². The SMILES string of the molecule is COc1ccc(C(=O)[O-])cc1.COc1ccc(C(=O)[O-])cc1.COc1ccc(C(=O)[O-])cc1.[Tb+3]. The van der Waals surface area contributed by atoms with Crippen LogP contribution in [0.4, 0.5) is 0 Å². The van der Waals surface area contributed by atoms with Crippen molar-refractivity contribution in [3.05, 3.63) is 89.5 Å². The zero-order valence-corrected chi connectivity index (χ0v) is 20.6. The number of carboxylic acids is 3. The molecule has 0 unspecified atom stereocenters. The Balaban J connectivity index is 0.000000473. The molecule has 9 nitrogen and oxygen atoms in total. The molecular weight excluding hydrogens is 591 g/mol. The van der Waals surface area contributed by atoms with Crippen LogP contribution < -0.4 is 29.5 Å². The van der Waals surface area contributed by atoms with Gasteiger partial charge in [0.05, 0.1) is 39.2 Å². The van der Waals surface area contributed by atoms with Crippen LogP contribution in [0.2, 0.25) is 0 Å². The zero-order valence-electron chi connectivity index (χ0n) is 18.4. The van der Waals surface area contributed by atoms with Crippen LogP contribution in [-0.4, -0.2) is 39.2 Å². The van der Waals surface area contributed by atoms with Gasteiger partial charge in [0, 0.05) is 0 Å². The van der Waals surface area contributed by atoms with Gasteiger partial charge in [-0.1, -0.05) is 0 Å². The van der Waals surface area contributed by atoms with Crippen LogP contribution in [0.1, 0.15) is 31.1 Å². The van der Waals surface area contributed by atoms with E-state index in [1.807, 2.05) is 0 Å². The van der Waals surface area contributed by atoms with Crippen molar-refractivity contribution >= 4 is 17.9 Å². The fourth-order valence-electron chi connectivity index (χ4n) is 2.18. The van der Waals surface area contributed by atoms with Gasteiger partial charge in [0.15, 0.2) is 0 Å². The molecule has 3 aromatic rings. The summed E-state index contributed by atoms with van der Waals surface area (Å²) in [5, 5.41) is 30.7. The first-order valence-electron chi connectivity index (χ1n) is 9.28. The summed E-state index contributed by atoms with van der Waals surface area (Å²) in [6, 6.07) is 18.1. The van der Waals surface area contributed by atoms with Crippen molar-refractivity contribution in [2.45, 2.75) is 0 Å². The Hall–Kier alpha value is -3.24. The summed E-state index contributed by atoms with van der Waals surface area (Å²) in [6.07, 6.45) is 0. The first kappa shape index (κ1) is 30.8. The Morgan fingerprint density at radius 3 is 0.765 bits per heavy atom. The normalized spacial score (nSPS) is 8.91. The second-order valence-corrected chi connectivity index (χ2v) is 6.05. The fraction of sp³-hybridized carbons (Fsp3) is 0.125. The first-order chi connectivity index (χ1) is 15.7. The van der Waals surface area contributed by atoms with E-state index in [0.29, 0.717) is 17.2 Å². The van der Waals surface area contributed by atoms with E-state index >= 15 is 0 Å². The van der Waals surface area contributed by atoms with E-state index in [9.17, 15) is 29.7 Å². The van der Waals surface area contributed by atoms with Crippen molar-refractivity contribution in [2.24, 2.45) is 0 Å². The average Bonchev–Trinajstić information content (AvgIpc) is 2.84. The van der Waals surface area contributed by atoms with Crippen LogP contribution in [0.3, 0.4) is 0 Å². The summed E-state index contributed by atoms with van der Waals surface area (Å²) >= 11 is 0. The molecule has 0 heterocycles. The average molecular weight is 612 g/mol. The maximum absolute atomic E-state index is 10.2. The minimum absolute atomic E-state index is 0. The topological polar surface area (TPSA) is 148 Å². The minimum Gasteiger partial charge on any atom is -0.545 e. The van der Waals surface area contributed by atoms with E-state index < -0.39 is 17.9 Å². The molecule has 0 N–H and O–H groups in total. The van der Waals surface area contributed by atoms with Gasteiger partial charge < -0.3 is 43.9 Å². The van der Waals surface area contributed by atoms with E-state index in [1.165, 1.54) is 57.7 Å². The molecule has 0 saturated carbocycles. The molecule has 3 rings (SSSR count). The molecule has 3 aromatic carbocycles. The van der Waals surface area contributed by atoms with Gasteiger partial charge in [-0.25, -0.2) is 0 Å². The van der Waals surface area contributed by atoms with Crippen LogP contribution in [0, 0.1) is 38.6 Å². The Morgan fingerprint density at radius 2 is 0.647 bits per heavy atom. The van der Waals surface area contributed by atoms with Gasteiger partial charge in [-0.3, -0.25) is 0 Å². The van der Waals surface area contributed by atoms with Crippen molar-refractivity contribution in [1.29, 1.82) is 0 Å². The Labute approximate surface area is 227 Å². The number of aromatic carboxylic acids is 3. The molecule has 0 atom stereocenters. The quantitative estimate of drug-likeness (QED) is 0.380. The number of benzene rings is 3. The van der Waals surface area contributed by atoms with Gasteiger partial charge in [-0.2, -0.15) is 0 Å². The molecule has 0 aromatic heterocycles. The maximum atomic E-state index is 10.2. The zero-order chi connectivity index (χ0) is 24.8. The Morgan fingerprint density at radius 1 is 0.471 bits per heavy atom. The molecule has 34 heavy (non-hydrogen) atoms. The van der Waals surface area contributed by atoms with E-state index in [4.69, 9.17) is 14.2 Å². The third-order valence-electron chi connectivity index (χ3n) is 3.98. The molecule has 180 valence electrons. The summed E-state index contributed by atoms with van der Waals surface area (Å²) in [7, 11) is 4.57. The number of carbonyl (C=O) groups is 3. The molecule has 0 aliphatic heterocycles. The van der Waals surface area contributed by atoms with E-state index in [1.54, 1.807) is 36.4 Å². The first-order valence-corrected chi connectivity index (χ1v) is 9.28. The summed E-state index contributed by atoms with van der Waals surface area (Å²) < 4.78 is 14.5. The predicted molar refractivity (Wildman–Crippen MR) is 112 cm³/mol. The molecule has 0 saturated heterocycles. The largest absolute Gasteiger partial charge is 3.00 e. The van der Waals surface area contributed by atoms with Gasteiger partial charge >= 0.3 is 38.6 Å². The molecule has 10 heteroatoms. The third-order valence-corrected chi connectivity index (χ3v) is 3.98. The molecule has 0 aliphatic carbocycles. The van der Waals surface area contributed by atoms with Crippen molar-refractivity contribution in [3.8, 4) is 17.2 Å². The molecule has 0 bridgehead atoms. The third kappa shape index (κ3) is 11.1. The number of rotatable bonds is 6. The van der Waals surface area contributed by atoms with E-state index in [0.717, 1.165) is 0 Å².